The summed E-state index contributed by atoms with van der Waals surface area (Å²) < 4.78 is 19.2. The van der Waals surface area contributed by atoms with Gasteiger partial charge < -0.3 is 10.1 Å². The van der Waals surface area contributed by atoms with E-state index in [1.54, 1.807) is 0 Å². The molecule has 1 aliphatic carbocycles. The zero-order valence-electron chi connectivity index (χ0n) is 13.5. The van der Waals surface area contributed by atoms with Gasteiger partial charge >= 0.3 is 0 Å². The van der Waals surface area contributed by atoms with Crippen molar-refractivity contribution in [2.24, 2.45) is 5.92 Å². The highest BCUT2D eigenvalue weighted by Gasteiger charge is 2.20. The minimum atomic E-state index is -0.198. The molecule has 1 N–H and O–H groups in total. The Morgan fingerprint density at radius 1 is 1.24 bits per heavy atom. The first-order valence-electron chi connectivity index (χ1n) is 8.06. The smallest absolute Gasteiger partial charge is 0.123 e. The molecule has 0 radical (unpaired) electrons. The summed E-state index contributed by atoms with van der Waals surface area (Å²) in [4.78, 5) is 0. The molecular weight excluding hydrogens is 265 g/mol. The Hall–Kier alpha value is -0.930. The Labute approximate surface area is 128 Å². The first-order valence-corrected chi connectivity index (χ1v) is 8.06. The summed E-state index contributed by atoms with van der Waals surface area (Å²) in [5.41, 5.74) is 1.09. The molecule has 0 bridgehead atoms. The molecule has 0 spiro atoms. The fourth-order valence-corrected chi connectivity index (χ4v) is 2.51. The van der Waals surface area contributed by atoms with Crippen LogP contribution in [0.15, 0.2) is 24.3 Å². The van der Waals surface area contributed by atoms with Crippen LogP contribution >= 0.6 is 0 Å². The van der Waals surface area contributed by atoms with Gasteiger partial charge in [0.15, 0.2) is 0 Å². The van der Waals surface area contributed by atoms with E-state index < -0.39 is 0 Å². The number of nitrogens with one attached hydrogen (secondary N) is 1. The summed E-state index contributed by atoms with van der Waals surface area (Å²) in [7, 11) is 0. The number of benzene rings is 1. The Balaban J connectivity index is 1.90. The van der Waals surface area contributed by atoms with Crippen molar-refractivity contribution in [2.45, 2.75) is 58.1 Å². The van der Waals surface area contributed by atoms with Crippen molar-refractivity contribution in [1.82, 2.24) is 5.32 Å². The average molecular weight is 293 g/mol. The van der Waals surface area contributed by atoms with Gasteiger partial charge in [0.05, 0.1) is 6.10 Å². The number of hydrogen-bond acceptors (Lipinski definition) is 2. The van der Waals surface area contributed by atoms with E-state index in [2.05, 4.69) is 26.1 Å². The molecule has 0 aromatic heterocycles. The van der Waals surface area contributed by atoms with Gasteiger partial charge in [-0.15, -0.1) is 0 Å². The maximum atomic E-state index is 13.1. The summed E-state index contributed by atoms with van der Waals surface area (Å²) in [5.74, 6) is 0.658. The molecular formula is C18H28FNO. The second-order valence-electron chi connectivity index (χ2n) is 7.13. The van der Waals surface area contributed by atoms with Crippen LogP contribution in [0.4, 0.5) is 4.39 Å². The molecule has 0 saturated heterocycles. The van der Waals surface area contributed by atoms with Crippen molar-refractivity contribution in [1.29, 1.82) is 0 Å². The molecule has 1 aliphatic rings. The van der Waals surface area contributed by atoms with Gasteiger partial charge in [0.2, 0.25) is 0 Å². The van der Waals surface area contributed by atoms with Crippen LogP contribution in [-0.4, -0.2) is 18.7 Å². The van der Waals surface area contributed by atoms with Gasteiger partial charge in [-0.25, -0.2) is 4.39 Å². The Morgan fingerprint density at radius 2 is 1.90 bits per heavy atom. The van der Waals surface area contributed by atoms with Crippen LogP contribution in [0, 0.1) is 11.7 Å². The predicted molar refractivity (Wildman–Crippen MR) is 84.8 cm³/mol. The van der Waals surface area contributed by atoms with Crippen molar-refractivity contribution in [3.05, 3.63) is 35.6 Å². The van der Waals surface area contributed by atoms with Crippen molar-refractivity contribution in [3.8, 4) is 0 Å². The minimum Gasteiger partial charge on any atom is -0.372 e. The van der Waals surface area contributed by atoms with Crippen LogP contribution in [0.25, 0.3) is 0 Å². The third-order valence-corrected chi connectivity index (χ3v) is 4.13. The van der Waals surface area contributed by atoms with E-state index in [1.165, 1.54) is 31.4 Å². The summed E-state index contributed by atoms with van der Waals surface area (Å²) in [6.07, 6.45) is 5.21. The molecule has 21 heavy (non-hydrogen) atoms. The number of halogens is 1. The molecule has 3 heteroatoms. The average Bonchev–Trinajstić information content (AvgIpc) is 2.36. The van der Waals surface area contributed by atoms with Crippen molar-refractivity contribution >= 4 is 0 Å². The number of ether oxygens (including phenoxy) is 1. The van der Waals surface area contributed by atoms with E-state index in [0.29, 0.717) is 0 Å². The highest BCUT2D eigenvalue weighted by atomic mass is 19.1. The quantitative estimate of drug-likeness (QED) is 0.801. The lowest BCUT2D eigenvalue weighted by molar-refractivity contribution is 0.0336. The van der Waals surface area contributed by atoms with Crippen LogP contribution < -0.4 is 5.32 Å². The summed E-state index contributed by atoms with van der Waals surface area (Å²) >= 11 is 0. The summed E-state index contributed by atoms with van der Waals surface area (Å²) in [5, 5.41) is 3.48. The van der Waals surface area contributed by atoms with Gasteiger partial charge in [0.1, 0.15) is 5.82 Å². The molecule has 0 aliphatic heterocycles. The lowest BCUT2D eigenvalue weighted by Gasteiger charge is -2.28. The van der Waals surface area contributed by atoms with E-state index >= 15 is 0 Å². The van der Waals surface area contributed by atoms with E-state index in [9.17, 15) is 4.39 Å². The van der Waals surface area contributed by atoms with E-state index in [1.807, 2.05) is 12.1 Å². The molecule has 0 heterocycles. The molecule has 1 saturated carbocycles. The van der Waals surface area contributed by atoms with Crippen LogP contribution in [0.1, 0.15) is 58.1 Å². The lowest BCUT2D eigenvalue weighted by Crippen LogP contribution is -2.39. The first kappa shape index (κ1) is 16.4. The van der Waals surface area contributed by atoms with Gasteiger partial charge in [0, 0.05) is 18.7 Å². The number of hydrogen-bond donors (Lipinski definition) is 1. The fraction of sp³-hybridized carbons (Fsp3) is 0.667. The fourth-order valence-electron chi connectivity index (χ4n) is 2.51. The zero-order chi connectivity index (χ0) is 15.3. The highest BCUT2D eigenvalue weighted by molar-refractivity contribution is 5.19. The van der Waals surface area contributed by atoms with E-state index in [4.69, 9.17) is 4.74 Å². The van der Waals surface area contributed by atoms with Crippen LogP contribution in [0.3, 0.4) is 0 Å². The normalized spacial score (nSPS) is 17.5. The number of rotatable bonds is 7. The SMILES string of the molecule is CC(C)(C)NCC(OCCC1CCC1)c1ccc(F)cc1. The molecule has 1 aromatic rings. The molecule has 1 atom stereocenters. The van der Waals surface area contributed by atoms with Crippen LogP contribution in [0.2, 0.25) is 0 Å². The van der Waals surface area contributed by atoms with Crippen molar-refractivity contribution in [3.63, 3.8) is 0 Å². The minimum absolute atomic E-state index is 0.00935. The predicted octanol–water partition coefficient (Wildman–Crippen LogP) is 4.46. The summed E-state index contributed by atoms with van der Waals surface area (Å²) in [6, 6.07) is 6.67. The topological polar surface area (TPSA) is 21.3 Å². The zero-order valence-corrected chi connectivity index (χ0v) is 13.5. The molecule has 2 rings (SSSR count). The maximum absolute atomic E-state index is 13.1. The molecule has 1 unspecified atom stereocenters. The second kappa shape index (κ2) is 7.37. The Kier molecular flexibility index (Phi) is 5.77. The van der Waals surface area contributed by atoms with Gasteiger partial charge in [-0.3, -0.25) is 0 Å². The van der Waals surface area contributed by atoms with Crippen molar-refractivity contribution < 1.29 is 9.13 Å². The maximum Gasteiger partial charge on any atom is 0.123 e. The second-order valence-corrected chi connectivity index (χ2v) is 7.13. The van der Waals surface area contributed by atoms with Gasteiger partial charge in [-0.2, -0.15) is 0 Å². The molecule has 2 nitrogen and oxygen atoms in total. The molecule has 0 amide bonds. The Bertz CT molecular complexity index is 420. The molecule has 118 valence electrons. The van der Waals surface area contributed by atoms with E-state index in [-0.39, 0.29) is 17.5 Å². The van der Waals surface area contributed by atoms with Gasteiger partial charge in [-0.05, 0) is 50.8 Å². The molecule has 1 fully saturated rings. The monoisotopic (exact) mass is 293 g/mol. The summed E-state index contributed by atoms with van der Waals surface area (Å²) in [6.45, 7) is 7.97. The lowest BCUT2D eigenvalue weighted by atomic mass is 9.83. The van der Waals surface area contributed by atoms with Gasteiger partial charge in [0.25, 0.3) is 0 Å². The third kappa shape index (κ3) is 5.76. The molecule has 1 aromatic carbocycles. The first-order chi connectivity index (χ1) is 9.94. The standard InChI is InChI=1S/C18H28FNO/c1-18(2,3)20-13-17(15-7-9-16(19)10-8-15)21-12-11-14-5-4-6-14/h7-10,14,17,20H,4-6,11-13H2,1-3H3. The van der Waals surface area contributed by atoms with Crippen LogP contribution in [-0.2, 0) is 4.74 Å². The largest absolute Gasteiger partial charge is 0.372 e. The highest BCUT2D eigenvalue weighted by Crippen LogP contribution is 2.30. The van der Waals surface area contributed by atoms with E-state index in [0.717, 1.165) is 31.1 Å². The van der Waals surface area contributed by atoms with Crippen molar-refractivity contribution in [2.75, 3.05) is 13.2 Å². The van der Waals surface area contributed by atoms with Gasteiger partial charge in [-0.1, -0.05) is 31.4 Å². The third-order valence-electron chi connectivity index (χ3n) is 4.13. The Morgan fingerprint density at radius 3 is 2.43 bits per heavy atom. The van der Waals surface area contributed by atoms with Crippen LogP contribution in [0.5, 0.6) is 0 Å².